The van der Waals surface area contributed by atoms with Crippen molar-refractivity contribution in [2.75, 3.05) is 7.11 Å². The van der Waals surface area contributed by atoms with Crippen LogP contribution in [0.5, 0.6) is 0 Å². The van der Waals surface area contributed by atoms with Crippen LogP contribution in [0.3, 0.4) is 0 Å². The highest BCUT2D eigenvalue weighted by molar-refractivity contribution is 7.98. The van der Waals surface area contributed by atoms with E-state index >= 15 is 0 Å². The summed E-state index contributed by atoms with van der Waals surface area (Å²) in [7, 11) is 1.52. The van der Waals surface area contributed by atoms with Gasteiger partial charge in [-0.25, -0.2) is 9.23 Å². The average Bonchev–Trinajstić information content (AvgIpc) is 3.62. The molecule has 5 rings (SSSR count). The molecule has 1 aliphatic rings. The normalized spacial score (nSPS) is 13.3. The van der Waals surface area contributed by atoms with Crippen LogP contribution in [-0.2, 0) is 11.4 Å². The minimum absolute atomic E-state index is 0.0664. The molecule has 1 saturated carbocycles. The molecule has 1 amide bonds. The van der Waals surface area contributed by atoms with E-state index in [-0.39, 0.29) is 23.7 Å². The second-order valence-electron chi connectivity index (χ2n) is 8.34. The molecule has 0 unspecified atom stereocenters. The molecule has 2 heterocycles. The van der Waals surface area contributed by atoms with Crippen LogP contribution in [0.25, 0.3) is 22.0 Å². The van der Waals surface area contributed by atoms with Crippen LogP contribution in [0.2, 0.25) is 5.02 Å². The molecule has 4 N–H and O–H groups in total. The first-order valence-electron chi connectivity index (χ1n) is 11.1. The SMILES string of the molecule is CO[NH2+]c1ccc(F)c(Cn2c(C(=O)NSC3CC3)c(-c3ccc[nH]c3=O)c3cc(Cl)ccc32)c1. The van der Waals surface area contributed by atoms with Crippen molar-refractivity contribution < 1.29 is 19.5 Å². The number of halogens is 2. The number of carbonyl (C=O) groups is 1. The third-order valence-corrected chi connectivity index (χ3v) is 7.17. The lowest BCUT2D eigenvalue weighted by atomic mass is 10.0. The number of amides is 1. The predicted molar refractivity (Wildman–Crippen MR) is 135 cm³/mol. The van der Waals surface area contributed by atoms with Crippen molar-refractivity contribution in [2.45, 2.75) is 24.6 Å². The number of fused-ring (bicyclic) bond motifs is 1. The highest BCUT2D eigenvalue weighted by Crippen LogP contribution is 2.37. The van der Waals surface area contributed by atoms with Crippen molar-refractivity contribution in [1.82, 2.24) is 14.3 Å². The zero-order valence-corrected chi connectivity index (χ0v) is 20.4. The number of rotatable bonds is 8. The predicted octanol–water partition coefficient (Wildman–Crippen LogP) is 4.13. The molecule has 7 nitrogen and oxygen atoms in total. The van der Waals surface area contributed by atoms with Crippen molar-refractivity contribution in [2.24, 2.45) is 0 Å². The molecular weight excluding hydrogens is 491 g/mol. The number of nitrogens with one attached hydrogen (secondary N) is 2. The summed E-state index contributed by atoms with van der Waals surface area (Å²) in [6.45, 7) is 0.0664. The zero-order chi connectivity index (χ0) is 24.5. The number of nitrogens with two attached hydrogens (primary N) is 1. The minimum Gasteiger partial charge on any atom is -0.331 e. The largest absolute Gasteiger partial charge is 0.331 e. The Morgan fingerprint density at radius 3 is 2.86 bits per heavy atom. The molecule has 0 saturated heterocycles. The number of hydrogen-bond acceptors (Lipinski definition) is 4. The van der Waals surface area contributed by atoms with Gasteiger partial charge in [-0.15, -0.1) is 0 Å². The molecular formula is C25H23ClFN4O3S+. The lowest BCUT2D eigenvalue weighted by molar-refractivity contribution is -0.830. The third-order valence-electron chi connectivity index (χ3n) is 5.82. The van der Waals surface area contributed by atoms with Gasteiger partial charge in [0, 0.05) is 56.2 Å². The van der Waals surface area contributed by atoms with Crippen molar-refractivity contribution in [3.8, 4) is 11.1 Å². The van der Waals surface area contributed by atoms with Gasteiger partial charge in [0.2, 0.25) is 0 Å². The van der Waals surface area contributed by atoms with E-state index in [1.807, 2.05) is 0 Å². The van der Waals surface area contributed by atoms with E-state index in [0.29, 0.717) is 43.6 Å². The Morgan fingerprint density at radius 2 is 2.11 bits per heavy atom. The molecule has 2 aromatic heterocycles. The van der Waals surface area contributed by atoms with Crippen LogP contribution in [0.15, 0.2) is 59.5 Å². The standard InChI is InChI=1S/C25H22ClFN4O3S/c1-34-29-16-5-8-20(27)14(11-16)13-31-21-9-4-15(26)12-19(21)22(18-3-2-10-28-24(18)32)23(31)25(33)30-35-17-6-7-17/h2-5,8-12,17,29H,6-7,13H2,1H3,(H,28,32)(H,30,33)/p+1. The maximum absolute atomic E-state index is 14.9. The number of benzene rings is 2. The van der Waals surface area contributed by atoms with E-state index < -0.39 is 5.82 Å². The van der Waals surface area contributed by atoms with E-state index in [0.717, 1.165) is 12.8 Å². The Morgan fingerprint density at radius 1 is 1.29 bits per heavy atom. The van der Waals surface area contributed by atoms with Crippen LogP contribution in [0, 0.1) is 5.82 Å². The Balaban J connectivity index is 1.74. The van der Waals surface area contributed by atoms with Gasteiger partial charge in [0.15, 0.2) is 5.69 Å². The number of aromatic nitrogens is 2. The molecule has 4 aromatic rings. The van der Waals surface area contributed by atoms with Gasteiger partial charge in [-0.2, -0.15) is 5.48 Å². The summed E-state index contributed by atoms with van der Waals surface area (Å²) >= 11 is 7.71. The molecule has 10 heteroatoms. The number of quaternary nitrogens is 1. The summed E-state index contributed by atoms with van der Waals surface area (Å²) in [5.41, 5.74) is 3.98. The number of pyridine rings is 1. The summed E-state index contributed by atoms with van der Waals surface area (Å²) < 4.78 is 19.6. The van der Waals surface area contributed by atoms with Crippen LogP contribution in [0.4, 0.5) is 10.1 Å². The Labute approximate surface area is 209 Å². The maximum atomic E-state index is 14.9. The number of aromatic amines is 1. The summed E-state index contributed by atoms with van der Waals surface area (Å²) in [4.78, 5) is 34.2. The molecule has 0 bridgehead atoms. The molecule has 0 aliphatic heterocycles. The number of nitrogens with zero attached hydrogens (tertiary/aromatic N) is 1. The highest BCUT2D eigenvalue weighted by atomic mass is 35.5. The third kappa shape index (κ3) is 4.85. The minimum atomic E-state index is -0.410. The molecule has 0 radical (unpaired) electrons. The van der Waals surface area contributed by atoms with E-state index in [1.165, 1.54) is 36.8 Å². The fraction of sp³-hybridized carbons (Fsp3) is 0.200. The van der Waals surface area contributed by atoms with Crippen molar-refractivity contribution in [3.63, 3.8) is 0 Å². The smallest absolute Gasteiger partial charge is 0.278 e. The van der Waals surface area contributed by atoms with Gasteiger partial charge >= 0.3 is 0 Å². The van der Waals surface area contributed by atoms with Gasteiger partial charge in [0.05, 0.1) is 13.7 Å². The van der Waals surface area contributed by atoms with E-state index in [4.69, 9.17) is 16.4 Å². The second-order valence-corrected chi connectivity index (χ2v) is 9.88. The first-order valence-corrected chi connectivity index (χ1v) is 12.3. The van der Waals surface area contributed by atoms with E-state index in [2.05, 4.69) is 9.71 Å². The molecule has 1 aliphatic carbocycles. The van der Waals surface area contributed by atoms with Gasteiger partial charge in [0.25, 0.3) is 11.5 Å². The van der Waals surface area contributed by atoms with Crippen molar-refractivity contribution in [3.05, 3.63) is 87.2 Å². The van der Waals surface area contributed by atoms with E-state index in [9.17, 15) is 14.0 Å². The van der Waals surface area contributed by atoms with Crippen LogP contribution < -0.4 is 15.8 Å². The van der Waals surface area contributed by atoms with Crippen LogP contribution >= 0.6 is 23.5 Å². The van der Waals surface area contributed by atoms with Gasteiger partial charge in [0.1, 0.15) is 11.5 Å². The molecule has 35 heavy (non-hydrogen) atoms. The molecule has 0 spiro atoms. The van der Waals surface area contributed by atoms with Gasteiger partial charge in [-0.1, -0.05) is 11.6 Å². The van der Waals surface area contributed by atoms with Crippen LogP contribution in [-0.4, -0.2) is 27.8 Å². The van der Waals surface area contributed by atoms with Gasteiger partial charge in [-0.05, 0) is 61.2 Å². The first-order chi connectivity index (χ1) is 17.0. The molecule has 0 atom stereocenters. The Hall–Kier alpha value is -3.11. The summed E-state index contributed by atoms with van der Waals surface area (Å²) in [6, 6.07) is 13.3. The fourth-order valence-corrected chi connectivity index (χ4v) is 5.00. The van der Waals surface area contributed by atoms with Crippen molar-refractivity contribution >= 4 is 46.0 Å². The number of hydrogen-bond donors (Lipinski definition) is 3. The van der Waals surface area contributed by atoms with Crippen LogP contribution in [0.1, 0.15) is 28.9 Å². The van der Waals surface area contributed by atoms with E-state index in [1.54, 1.807) is 47.0 Å². The monoisotopic (exact) mass is 513 g/mol. The Bertz CT molecular complexity index is 1480. The molecule has 2 aromatic carbocycles. The summed E-state index contributed by atoms with van der Waals surface area (Å²) in [5.74, 6) is -0.764. The average molecular weight is 514 g/mol. The van der Waals surface area contributed by atoms with Crippen molar-refractivity contribution in [1.29, 1.82) is 0 Å². The zero-order valence-electron chi connectivity index (χ0n) is 18.8. The maximum Gasteiger partial charge on any atom is 0.278 e. The molecule has 1 fully saturated rings. The second kappa shape index (κ2) is 9.87. The number of carbonyl (C=O) groups excluding carboxylic acids is 1. The quantitative estimate of drug-likeness (QED) is 0.188. The highest BCUT2D eigenvalue weighted by Gasteiger charge is 2.29. The summed E-state index contributed by atoms with van der Waals surface area (Å²) in [6.07, 6.45) is 3.62. The topological polar surface area (TPSA) is 92.7 Å². The Kier molecular flexibility index (Phi) is 6.66. The molecule has 180 valence electrons. The fourth-order valence-electron chi connectivity index (χ4n) is 4.08. The summed E-state index contributed by atoms with van der Waals surface area (Å²) in [5, 5.41) is 1.48. The van der Waals surface area contributed by atoms with Gasteiger partial charge in [-0.3, -0.25) is 14.3 Å². The van der Waals surface area contributed by atoms with Gasteiger partial charge < -0.3 is 9.55 Å². The lowest BCUT2D eigenvalue weighted by Gasteiger charge is -2.13. The number of H-pyrrole nitrogens is 1. The first kappa shape index (κ1) is 23.6. The lowest BCUT2D eigenvalue weighted by Crippen LogP contribution is -2.75.